The zero-order valence-electron chi connectivity index (χ0n) is 18.5. The van der Waals surface area contributed by atoms with Crippen molar-refractivity contribution in [3.05, 3.63) is 106 Å². The van der Waals surface area contributed by atoms with Crippen LogP contribution in [0.5, 0.6) is 0 Å². The van der Waals surface area contributed by atoms with Gasteiger partial charge in [-0.3, -0.25) is 4.79 Å². The van der Waals surface area contributed by atoms with Gasteiger partial charge in [-0.05, 0) is 50.1 Å². The Morgan fingerprint density at radius 2 is 1.72 bits per heavy atom. The first-order valence-corrected chi connectivity index (χ1v) is 10.6. The van der Waals surface area contributed by atoms with Crippen molar-refractivity contribution < 1.29 is 4.79 Å². The zero-order valence-corrected chi connectivity index (χ0v) is 18.5. The molecule has 0 radical (unpaired) electrons. The van der Waals surface area contributed by atoms with E-state index in [1.54, 1.807) is 6.08 Å². The highest BCUT2D eigenvalue weighted by Gasteiger charge is 2.14. The SMILES string of the molecule is Cc1ccc(Cn2cc(/C=C(\C#N)C(=O)Nc3ccc(C)cc3C)c3ccccc32)cc1. The number of hydrogen-bond acceptors (Lipinski definition) is 2. The minimum Gasteiger partial charge on any atom is -0.342 e. The highest BCUT2D eigenvalue weighted by molar-refractivity contribution is 6.11. The third-order valence-electron chi connectivity index (χ3n) is 5.59. The Bertz CT molecular complexity index is 1370. The van der Waals surface area contributed by atoms with Crippen molar-refractivity contribution >= 4 is 28.6 Å². The molecule has 4 aromatic rings. The number of benzene rings is 3. The standard InChI is InChI=1S/C28H25N3O/c1-19-8-11-22(12-9-19)17-31-18-24(25-6-4-5-7-27(25)31)15-23(16-29)28(32)30-26-13-10-20(2)14-21(26)3/h4-15,18H,17H2,1-3H3,(H,30,32)/b23-15+. The van der Waals surface area contributed by atoms with Gasteiger partial charge in [0.25, 0.3) is 5.91 Å². The Morgan fingerprint density at radius 3 is 2.44 bits per heavy atom. The number of nitriles is 1. The number of nitrogens with one attached hydrogen (secondary N) is 1. The van der Waals surface area contributed by atoms with Crippen LogP contribution in [-0.2, 0) is 11.3 Å². The summed E-state index contributed by atoms with van der Waals surface area (Å²) in [6, 6.07) is 24.4. The van der Waals surface area contributed by atoms with E-state index >= 15 is 0 Å². The van der Waals surface area contributed by atoms with Gasteiger partial charge in [0, 0.05) is 34.9 Å². The van der Waals surface area contributed by atoms with Gasteiger partial charge in [-0.1, -0.05) is 65.7 Å². The summed E-state index contributed by atoms with van der Waals surface area (Å²) >= 11 is 0. The molecule has 1 aromatic heterocycles. The molecule has 0 bridgehead atoms. The Balaban J connectivity index is 1.67. The number of rotatable bonds is 5. The molecule has 0 saturated carbocycles. The van der Waals surface area contributed by atoms with E-state index < -0.39 is 5.91 Å². The van der Waals surface area contributed by atoms with E-state index in [0.717, 1.165) is 27.6 Å². The number of nitrogens with zero attached hydrogens (tertiary/aromatic N) is 2. The van der Waals surface area contributed by atoms with Crippen molar-refractivity contribution in [2.75, 3.05) is 5.32 Å². The van der Waals surface area contributed by atoms with Crippen LogP contribution in [0.4, 0.5) is 5.69 Å². The number of amides is 1. The average molecular weight is 420 g/mol. The molecule has 0 saturated heterocycles. The van der Waals surface area contributed by atoms with Gasteiger partial charge in [-0.25, -0.2) is 0 Å². The summed E-state index contributed by atoms with van der Waals surface area (Å²) in [5.41, 5.74) is 7.20. The average Bonchev–Trinajstić information content (AvgIpc) is 3.12. The number of carbonyl (C=O) groups is 1. The summed E-state index contributed by atoms with van der Waals surface area (Å²) in [7, 11) is 0. The molecule has 1 amide bonds. The van der Waals surface area contributed by atoms with Crippen LogP contribution in [0.15, 0.2) is 78.5 Å². The molecule has 4 heteroatoms. The number of para-hydroxylation sites is 1. The third kappa shape index (κ3) is 4.48. The fraction of sp³-hybridized carbons (Fsp3) is 0.143. The van der Waals surface area contributed by atoms with E-state index in [1.807, 2.05) is 56.4 Å². The number of hydrogen-bond donors (Lipinski definition) is 1. The Hall–Kier alpha value is -4.10. The lowest BCUT2D eigenvalue weighted by molar-refractivity contribution is -0.112. The fourth-order valence-corrected chi connectivity index (χ4v) is 3.86. The van der Waals surface area contributed by atoms with Gasteiger partial charge in [-0.15, -0.1) is 0 Å². The molecule has 0 atom stereocenters. The van der Waals surface area contributed by atoms with Crippen molar-refractivity contribution in [3.8, 4) is 6.07 Å². The topological polar surface area (TPSA) is 57.8 Å². The summed E-state index contributed by atoms with van der Waals surface area (Å²) in [5.74, 6) is -0.408. The summed E-state index contributed by atoms with van der Waals surface area (Å²) in [4.78, 5) is 12.8. The molecule has 0 aliphatic heterocycles. The van der Waals surface area contributed by atoms with Crippen LogP contribution in [0.1, 0.15) is 27.8 Å². The van der Waals surface area contributed by atoms with Crippen LogP contribution < -0.4 is 5.32 Å². The van der Waals surface area contributed by atoms with Crippen LogP contribution in [0.2, 0.25) is 0 Å². The molecule has 158 valence electrons. The van der Waals surface area contributed by atoms with Gasteiger partial charge < -0.3 is 9.88 Å². The molecule has 0 unspecified atom stereocenters. The molecule has 0 spiro atoms. The van der Waals surface area contributed by atoms with E-state index in [2.05, 4.69) is 53.2 Å². The molecular weight excluding hydrogens is 394 g/mol. The maximum atomic E-state index is 12.8. The lowest BCUT2D eigenvalue weighted by atomic mass is 10.1. The van der Waals surface area contributed by atoms with Crippen molar-refractivity contribution in [1.82, 2.24) is 4.57 Å². The summed E-state index contributed by atoms with van der Waals surface area (Å²) in [5, 5.41) is 13.6. The molecule has 4 nitrogen and oxygen atoms in total. The highest BCUT2D eigenvalue weighted by atomic mass is 16.1. The van der Waals surface area contributed by atoms with Crippen molar-refractivity contribution in [2.45, 2.75) is 27.3 Å². The molecular formula is C28H25N3O. The van der Waals surface area contributed by atoms with Crippen LogP contribution >= 0.6 is 0 Å². The molecule has 1 N–H and O–H groups in total. The second kappa shape index (κ2) is 8.95. The van der Waals surface area contributed by atoms with Crippen LogP contribution in [-0.4, -0.2) is 10.5 Å². The van der Waals surface area contributed by atoms with Crippen LogP contribution in [0.3, 0.4) is 0 Å². The van der Waals surface area contributed by atoms with Crippen molar-refractivity contribution in [3.63, 3.8) is 0 Å². The first-order valence-electron chi connectivity index (χ1n) is 10.6. The monoisotopic (exact) mass is 419 g/mol. The van der Waals surface area contributed by atoms with Gasteiger partial charge in [-0.2, -0.15) is 5.26 Å². The molecule has 0 fully saturated rings. The van der Waals surface area contributed by atoms with Crippen LogP contribution in [0.25, 0.3) is 17.0 Å². The number of fused-ring (bicyclic) bond motifs is 1. The Morgan fingerprint density at radius 1 is 1.00 bits per heavy atom. The zero-order chi connectivity index (χ0) is 22.7. The Labute approximate surface area is 188 Å². The minimum absolute atomic E-state index is 0.0724. The van der Waals surface area contributed by atoms with E-state index in [4.69, 9.17) is 0 Å². The van der Waals surface area contributed by atoms with Gasteiger partial charge in [0.05, 0.1) is 0 Å². The van der Waals surface area contributed by atoms with E-state index in [-0.39, 0.29) is 5.57 Å². The molecule has 0 aliphatic rings. The van der Waals surface area contributed by atoms with E-state index in [1.165, 1.54) is 11.1 Å². The minimum atomic E-state index is -0.408. The number of aryl methyl sites for hydroxylation is 3. The molecule has 3 aromatic carbocycles. The number of anilines is 1. The predicted octanol–water partition coefficient (Wildman–Crippen LogP) is 6.16. The van der Waals surface area contributed by atoms with Crippen molar-refractivity contribution in [1.29, 1.82) is 5.26 Å². The summed E-state index contributed by atoms with van der Waals surface area (Å²) < 4.78 is 2.16. The maximum Gasteiger partial charge on any atom is 0.266 e. The first-order chi connectivity index (χ1) is 15.4. The lowest BCUT2D eigenvalue weighted by Crippen LogP contribution is -2.14. The largest absolute Gasteiger partial charge is 0.342 e. The highest BCUT2D eigenvalue weighted by Crippen LogP contribution is 2.25. The molecule has 32 heavy (non-hydrogen) atoms. The quantitative estimate of drug-likeness (QED) is 0.311. The van der Waals surface area contributed by atoms with Gasteiger partial charge in [0.15, 0.2) is 0 Å². The van der Waals surface area contributed by atoms with Gasteiger partial charge in [0.2, 0.25) is 0 Å². The van der Waals surface area contributed by atoms with E-state index in [9.17, 15) is 10.1 Å². The fourth-order valence-electron chi connectivity index (χ4n) is 3.86. The number of aromatic nitrogens is 1. The third-order valence-corrected chi connectivity index (χ3v) is 5.59. The number of carbonyl (C=O) groups excluding carboxylic acids is 1. The predicted molar refractivity (Wildman–Crippen MR) is 130 cm³/mol. The second-order valence-electron chi connectivity index (χ2n) is 8.16. The normalized spacial score (nSPS) is 11.4. The summed E-state index contributed by atoms with van der Waals surface area (Å²) in [6.45, 7) is 6.73. The van der Waals surface area contributed by atoms with Gasteiger partial charge in [0.1, 0.15) is 11.6 Å². The van der Waals surface area contributed by atoms with Gasteiger partial charge >= 0.3 is 0 Å². The lowest BCUT2D eigenvalue weighted by Gasteiger charge is -2.08. The second-order valence-corrected chi connectivity index (χ2v) is 8.16. The first kappa shape index (κ1) is 21.1. The van der Waals surface area contributed by atoms with Crippen LogP contribution in [0, 0.1) is 32.1 Å². The molecule has 1 heterocycles. The molecule has 0 aliphatic carbocycles. The summed E-state index contributed by atoms with van der Waals surface area (Å²) in [6.07, 6.45) is 3.68. The van der Waals surface area contributed by atoms with E-state index in [0.29, 0.717) is 12.2 Å². The van der Waals surface area contributed by atoms with Crippen molar-refractivity contribution in [2.24, 2.45) is 0 Å². The Kier molecular flexibility index (Phi) is 5.91. The maximum absolute atomic E-state index is 12.8. The smallest absolute Gasteiger partial charge is 0.266 e. The molecule has 4 rings (SSSR count).